The summed E-state index contributed by atoms with van der Waals surface area (Å²) in [6.45, 7) is 0.858. The molecule has 21 heavy (non-hydrogen) atoms. The van der Waals surface area contributed by atoms with Crippen molar-refractivity contribution < 1.29 is 9.90 Å². The Morgan fingerprint density at radius 1 is 1.14 bits per heavy atom. The van der Waals surface area contributed by atoms with Crippen molar-refractivity contribution >= 4 is 5.97 Å². The maximum atomic E-state index is 11.0. The summed E-state index contributed by atoms with van der Waals surface area (Å²) in [7, 11) is 0. The molecule has 1 heterocycles. The molecule has 2 aromatic carbocycles. The molecule has 1 aliphatic rings. The first-order valence-corrected chi connectivity index (χ1v) is 7.33. The molecule has 3 heteroatoms. The van der Waals surface area contributed by atoms with Crippen LogP contribution in [0.15, 0.2) is 54.6 Å². The van der Waals surface area contributed by atoms with E-state index in [1.165, 1.54) is 16.7 Å². The molecule has 0 bridgehead atoms. The molecule has 3 nitrogen and oxygen atoms in total. The van der Waals surface area contributed by atoms with Gasteiger partial charge < -0.3 is 10.4 Å². The quantitative estimate of drug-likeness (QED) is 0.882. The van der Waals surface area contributed by atoms with Crippen LogP contribution in [0.3, 0.4) is 0 Å². The first-order chi connectivity index (χ1) is 10.3. The molecule has 0 spiro atoms. The van der Waals surface area contributed by atoms with E-state index < -0.39 is 5.97 Å². The van der Waals surface area contributed by atoms with Crippen molar-refractivity contribution in [1.82, 2.24) is 5.32 Å². The van der Waals surface area contributed by atoms with E-state index in [1.807, 2.05) is 18.2 Å². The monoisotopic (exact) mass is 281 g/mol. The predicted octanol–water partition coefficient (Wildman–Crippen LogP) is 3.48. The third-order valence-corrected chi connectivity index (χ3v) is 4.20. The predicted molar refractivity (Wildman–Crippen MR) is 82.1 cm³/mol. The van der Waals surface area contributed by atoms with Crippen molar-refractivity contribution in [3.8, 4) is 0 Å². The molecule has 1 aliphatic heterocycles. The Morgan fingerprint density at radius 3 is 2.62 bits per heavy atom. The van der Waals surface area contributed by atoms with Crippen LogP contribution >= 0.6 is 0 Å². The number of nitrogens with one attached hydrogen (secondary N) is 1. The SMILES string of the molecule is O=C(O)CCC(c1ccccc1)C1NCc2ccccc21. The molecule has 2 unspecified atom stereocenters. The second-order valence-corrected chi connectivity index (χ2v) is 5.51. The van der Waals surface area contributed by atoms with Crippen LogP contribution in [0, 0.1) is 0 Å². The largest absolute Gasteiger partial charge is 0.481 e. The molecule has 0 amide bonds. The second kappa shape index (κ2) is 6.10. The average molecular weight is 281 g/mol. The Balaban J connectivity index is 1.91. The number of rotatable bonds is 5. The number of hydrogen-bond acceptors (Lipinski definition) is 2. The van der Waals surface area contributed by atoms with Crippen molar-refractivity contribution in [3.63, 3.8) is 0 Å². The minimum atomic E-state index is -0.734. The fourth-order valence-corrected chi connectivity index (χ4v) is 3.19. The lowest BCUT2D eigenvalue weighted by atomic mass is 9.84. The normalized spacial score (nSPS) is 18.2. The third-order valence-electron chi connectivity index (χ3n) is 4.20. The summed E-state index contributed by atoms with van der Waals surface area (Å²) >= 11 is 0. The zero-order valence-electron chi connectivity index (χ0n) is 11.8. The number of carboxylic acids is 1. The number of carbonyl (C=O) groups is 1. The van der Waals surface area contributed by atoms with E-state index in [1.54, 1.807) is 0 Å². The number of aliphatic carboxylic acids is 1. The minimum absolute atomic E-state index is 0.186. The van der Waals surface area contributed by atoms with Crippen molar-refractivity contribution in [3.05, 3.63) is 71.3 Å². The zero-order valence-corrected chi connectivity index (χ0v) is 11.8. The second-order valence-electron chi connectivity index (χ2n) is 5.51. The van der Waals surface area contributed by atoms with Gasteiger partial charge in [0.25, 0.3) is 0 Å². The summed E-state index contributed by atoms with van der Waals surface area (Å²) in [5, 5.41) is 12.6. The molecule has 2 aromatic rings. The molecular weight excluding hydrogens is 262 g/mol. The molecular formula is C18H19NO2. The summed E-state index contributed by atoms with van der Waals surface area (Å²) in [6, 6.07) is 18.8. The molecule has 0 fully saturated rings. The Labute approximate surface area is 124 Å². The lowest BCUT2D eigenvalue weighted by molar-refractivity contribution is -0.137. The molecule has 2 atom stereocenters. The highest BCUT2D eigenvalue weighted by Crippen LogP contribution is 2.39. The van der Waals surface area contributed by atoms with Crippen LogP contribution in [0.1, 0.15) is 41.5 Å². The van der Waals surface area contributed by atoms with Crippen LogP contribution in [0.2, 0.25) is 0 Å². The first-order valence-electron chi connectivity index (χ1n) is 7.33. The van der Waals surface area contributed by atoms with E-state index in [0.29, 0.717) is 6.42 Å². The molecule has 0 radical (unpaired) electrons. The third kappa shape index (κ3) is 2.98. The maximum Gasteiger partial charge on any atom is 0.303 e. The van der Waals surface area contributed by atoms with Gasteiger partial charge >= 0.3 is 5.97 Å². The van der Waals surface area contributed by atoms with E-state index in [4.69, 9.17) is 5.11 Å². The maximum absolute atomic E-state index is 11.0. The summed E-state index contributed by atoms with van der Waals surface area (Å²) in [6.07, 6.45) is 0.839. The lowest BCUT2D eigenvalue weighted by Gasteiger charge is -2.25. The van der Waals surface area contributed by atoms with Crippen LogP contribution < -0.4 is 5.32 Å². The van der Waals surface area contributed by atoms with Crippen LogP contribution in [-0.4, -0.2) is 11.1 Å². The molecule has 0 saturated carbocycles. The molecule has 108 valence electrons. The smallest absolute Gasteiger partial charge is 0.303 e. The highest BCUT2D eigenvalue weighted by molar-refractivity contribution is 5.66. The Kier molecular flexibility index (Phi) is 4.02. The van der Waals surface area contributed by atoms with Crippen LogP contribution in [0.5, 0.6) is 0 Å². The summed E-state index contributed by atoms with van der Waals surface area (Å²) < 4.78 is 0. The van der Waals surface area contributed by atoms with Gasteiger partial charge in [-0.25, -0.2) is 0 Å². The van der Waals surface area contributed by atoms with E-state index >= 15 is 0 Å². The molecule has 0 aromatic heterocycles. The van der Waals surface area contributed by atoms with Crippen LogP contribution in [0.4, 0.5) is 0 Å². The fraction of sp³-hybridized carbons (Fsp3) is 0.278. The van der Waals surface area contributed by atoms with Gasteiger partial charge in [0.1, 0.15) is 0 Å². The van der Waals surface area contributed by atoms with E-state index in [9.17, 15) is 4.79 Å². The molecule has 0 aliphatic carbocycles. The summed E-state index contributed by atoms with van der Waals surface area (Å²) in [4.78, 5) is 11.0. The first kappa shape index (κ1) is 13.8. The standard InChI is InChI=1S/C18H19NO2/c20-17(21)11-10-16(13-6-2-1-3-7-13)18-15-9-5-4-8-14(15)12-19-18/h1-9,16,18-19H,10-12H2,(H,20,21). The average Bonchev–Trinajstić information content (AvgIpc) is 2.93. The number of fused-ring (bicyclic) bond motifs is 1. The van der Waals surface area contributed by atoms with Gasteiger partial charge in [-0.2, -0.15) is 0 Å². The van der Waals surface area contributed by atoms with E-state index in [2.05, 4.69) is 41.7 Å². The van der Waals surface area contributed by atoms with Gasteiger partial charge in [0, 0.05) is 24.9 Å². The number of carboxylic acid groups (broad SMARTS) is 1. The van der Waals surface area contributed by atoms with Gasteiger partial charge in [-0.1, -0.05) is 54.6 Å². The van der Waals surface area contributed by atoms with Gasteiger partial charge in [0.2, 0.25) is 0 Å². The highest BCUT2D eigenvalue weighted by Gasteiger charge is 2.30. The van der Waals surface area contributed by atoms with Gasteiger partial charge in [-0.05, 0) is 23.1 Å². The lowest BCUT2D eigenvalue weighted by Crippen LogP contribution is -2.21. The topological polar surface area (TPSA) is 49.3 Å². The number of hydrogen-bond donors (Lipinski definition) is 2. The van der Waals surface area contributed by atoms with Gasteiger partial charge in [-0.3, -0.25) is 4.79 Å². The van der Waals surface area contributed by atoms with Crippen LogP contribution in [-0.2, 0) is 11.3 Å². The molecule has 3 rings (SSSR count). The highest BCUT2D eigenvalue weighted by atomic mass is 16.4. The van der Waals surface area contributed by atoms with Gasteiger partial charge in [-0.15, -0.1) is 0 Å². The van der Waals surface area contributed by atoms with Crippen molar-refractivity contribution in [2.75, 3.05) is 0 Å². The van der Waals surface area contributed by atoms with Gasteiger partial charge in [0.05, 0.1) is 0 Å². The fourth-order valence-electron chi connectivity index (χ4n) is 3.19. The molecule has 0 saturated heterocycles. The molecule has 2 N–H and O–H groups in total. The van der Waals surface area contributed by atoms with Gasteiger partial charge in [0.15, 0.2) is 0 Å². The minimum Gasteiger partial charge on any atom is -0.481 e. The summed E-state index contributed by atoms with van der Waals surface area (Å²) in [5.74, 6) is -0.548. The van der Waals surface area contributed by atoms with Crippen LogP contribution in [0.25, 0.3) is 0 Å². The van der Waals surface area contributed by atoms with Crippen molar-refractivity contribution in [1.29, 1.82) is 0 Å². The number of benzene rings is 2. The van der Waals surface area contributed by atoms with Crippen molar-refractivity contribution in [2.45, 2.75) is 31.3 Å². The van der Waals surface area contributed by atoms with Crippen molar-refractivity contribution in [2.24, 2.45) is 0 Å². The zero-order chi connectivity index (χ0) is 14.7. The summed E-state index contributed by atoms with van der Waals surface area (Å²) in [5.41, 5.74) is 3.82. The Hall–Kier alpha value is -2.13. The Morgan fingerprint density at radius 2 is 1.86 bits per heavy atom. The van der Waals surface area contributed by atoms with E-state index in [-0.39, 0.29) is 18.4 Å². The van der Waals surface area contributed by atoms with E-state index in [0.717, 1.165) is 6.54 Å². The Bertz CT molecular complexity index is 624.